The highest BCUT2D eigenvalue weighted by molar-refractivity contribution is 5.94. The van der Waals surface area contributed by atoms with Crippen LogP contribution in [0.25, 0.3) is 11.4 Å². The van der Waals surface area contributed by atoms with E-state index in [2.05, 4.69) is 20.6 Å². The summed E-state index contributed by atoms with van der Waals surface area (Å²) >= 11 is 0. The number of ether oxygens (including phenoxy) is 1. The lowest BCUT2D eigenvalue weighted by molar-refractivity contribution is 0.0940. The Hall–Kier alpha value is -4.19. The molecule has 1 aromatic heterocycles. The Bertz CT molecular complexity index is 1190. The van der Waals surface area contributed by atoms with E-state index in [1.165, 1.54) is 0 Å². The van der Waals surface area contributed by atoms with Gasteiger partial charge in [0.05, 0.1) is 13.2 Å². The largest absolute Gasteiger partial charge is 0.497 e. The number of carbonyl (C=O) groups is 1. The van der Waals surface area contributed by atoms with Crippen LogP contribution in [0.5, 0.6) is 5.75 Å². The number of hydrogen-bond donors (Lipinski definition) is 2. The van der Waals surface area contributed by atoms with Gasteiger partial charge in [-0.1, -0.05) is 42.5 Å². The molecule has 0 aliphatic rings. The summed E-state index contributed by atoms with van der Waals surface area (Å²) in [5.41, 5.74) is 3.35. The van der Waals surface area contributed by atoms with Crippen LogP contribution in [-0.2, 0) is 0 Å². The van der Waals surface area contributed by atoms with Crippen LogP contribution in [0, 0.1) is 0 Å². The van der Waals surface area contributed by atoms with Crippen molar-refractivity contribution in [3.05, 3.63) is 102 Å². The highest BCUT2D eigenvalue weighted by Crippen LogP contribution is 2.21. The minimum atomic E-state index is -0.146. The van der Waals surface area contributed by atoms with Gasteiger partial charge in [0.15, 0.2) is 5.82 Å². The van der Waals surface area contributed by atoms with E-state index < -0.39 is 0 Å². The second kappa shape index (κ2) is 9.75. The van der Waals surface area contributed by atoms with Gasteiger partial charge < -0.3 is 15.4 Å². The summed E-state index contributed by atoms with van der Waals surface area (Å²) in [5, 5.41) is 6.29. The van der Waals surface area contributed by atoms with E-state index in [0.717, 1.165) is 22.6 Å². The Labute approximate surface area is 187 Å². The standard InChI is InChI=1S/C26H24N4O2/c1-18(21-9-6-10-23(17-21)32-2)28-26(31)20-11-13-22(14-12-20)29-24-15-16-27-25(30-24)19-7-4-3-5-8-19/h3-18H,1-2H3,(H,28,31)(H,27,29,30)/t18-/m0/s1. The molecule has 160 valence electrons. The van der Waals surface area contributed by atoms with Gasteiger partial charge in [-0.2, -0.15) is 0 Å². The number of nitrogens with zero attached hydrogens (tertiary/aromatic N) is 2. The number of hydrogen-bond acceptors (Lipinski definition) is 5. The first-order chi connectivity index (χ1) is 15.6. The smallest absolute Gasteiger partial charge is 0.251 e. The molecule has 0 fully saturated rings. The highest BCUT2D eigenvalue weighted by atomic mass is 16.5. The molecule has 0 unspecified atom stereocenters. The monoisotopic (exact) mass is 424 g/mol. The van der Waals surface area contributed by atoms with E-state index in [-0.39, 0.29) is 11.9 Å². The molecular weight excluding hydrogens is 400 g/mol. The Morgan fingerprint density at radius 2 is 1.72 bits per heavy atom. The van der Waals surface area contributed by atoms with Crippen molar-refractivity contribution in [2.45, 2.75) is 13.0 Å². The van der Waals surface area contributed by atoms with Gasteiger partial charge in [-0.3, -0.25) is 4.79 Å². The predicted molar refractivity (Wildman–Crippen MR) is 126 cm³/mol. The van der Waals surface area contributed by atoms with E-state index >= 15 is 0 Å². The lowest BCUT2D eigenvalue weighted by Gasteiger charge is -2.15. The summed E-state index contributed by atoms with van der Waals surface area (Å²) < 4.78 is 5.26. The molecule has 4 aromatic rings. The lowest BCUT2D eigenvalue weighted by Crippen LogP contribution is -2.26. The van der Waals surface area contributed by atoms with Crippen molar-refractivity contribution in [1.29, 1.82) is 0 Å². The fourth-order valence-corrected chi connectivity index (χ4v) is 3.28. The zero-order valence-corrected chi connectivity index (χ0v) is 17.9. The first-order valence-corrected chi connectivity index (χ1v) is 10.3. The van der Waals surface area contributed by atoms with Crippen molar-refractivity contribution in [3.63, 3.8) is 0 Å². The maximum atomic E-state index is 12.7. The van der Waals surface area contributed by atoms with E-state index in [4.69, 9.17) is 4.74 Å². The van der Waals surface area contributed by atoms with Crippen LogP contribution in [0.15, 0.2) is 91.1 Å². The Balaban J connectivity index is 1.41. The number of benzene rings is 3. The quantitative estimate of drug-likeness (QED) is 0.416. The molecule has 0 aliphatic carbocycles. The third kappa shape index (κ3) is 5.10. The molecule has 32 heavy (non-hydrogen) atoms. The summed E-state index contributed by atoms with van der Waals surface area (Å²) in [7, 11) is 1.63. The number of anilines is 2. The minimum absolute atomic E-state index is 0.139. The Morgan fingerprint density at radius 3 is 2.47 bits per heavy atom. The summed E-state index contributed by atoms with van der Waals surface area (Å²) in [4.78, 5) is 21.6. The third-order valence-electron chi connectivity index (χ3n) is 5.05. The molecule has 0 saturated heterocycles. The van der Waals surface area contributed by atoms with Gasteiger partial charge in [-0.25, -0.2) is 9.97 Å². The summed E-state index contributed by atoms with van der Waals surface area (Å²) in [6, 6.07) is 26.4. The van der Waals surface area contributed by atoms with Gasteiger partial charge in [0.25, 0.3) is 5.91 Å². The summed E-state index contributed by atoms with van der Waals surface area (Å²) in [6.07, 6.45) is 1.72. The van der Waals surface area contributed by atoms with Crippen molar-refractivity contribution in [3.8, 4) is 17.1 Å². The molecule has 6 heteroatoms. The zero-order valence-electron chi connectivity index (χ0n) is 17.9. The van der Waals surface area contributed by atoms with Gasteiger partial charge in [0.1, 0.15) is 11.6 Å². The van der Waals surface area contributed by atoms with Gasteiger partial charge >= 0.3 is 0 Å². The fourth-order valence-electron chi connectivity index (χ4n) is 3.28. The first kappa shape index (κ1) is 21.1. The molecule has 4 rings (SSSR count). The van der Waals surface area contributed by atoms with Gasteiger partial charge in [-0.05, 0) is 55.0 Å². The van der Waals surface area contributed by atoms with Gasteiger partial charge in [-0.15, -0.1) is 0 Å². The molecule has 0 saturated carbocycles. The van der Waals surface area contributed by atoms with E-state index in [0.29, 0.717) is 17.2 Å². The van der Waals surface area contributed by atoms with Crippen LogP contribution in [0.1, 0.15) is 28.9 Å². The van der Waals surface area contributed by atoms with Gasteiger partial charge in [0.2, 0.25) is 0 Å². The topological polar surface area (TPSA) is 76.1 Å². The van der Waals surface area contributed by atoms with Crippen LogP contribution in [0.4, 0.5) is 11.5 Å². The number of amides is 1. The number of aromatic nitrogens is 2. The minimum Gasteiger partial charge on any atom is -0.497 e. The van der Waals surface area contributed by atoms with Crippen molar-refractivity contribution < 1.29 is 9.53 Å². The van der Waals surface area contributed by atoms with Gasteiger partial charge in [0, 0.05) is 23.0 Å². The summed E-state index contributed by atoms with van der Waals surface area (Å²) in [5.74, 6) is 1.96. The molecule has 6 nitrogen and oxygen atoms in total. The molecule has 1 amide bonds. The average Bonchev–Trinajstić information content (AvgIpc) is 2.85. The molecule has 0 radical (unpaired) electrons. The van der Waals surface area contributed by atoms with Crippen LogP contribution < -0.4 is 15.4 Å². The van der Waals surface area contributed by atoms with Crippen LogP contribution in [0.3, 0.4) is 0 Å². The van der Waals surface area contributed by atoms with Crippen molar-refractivity contribution >= 4 is 17.4 Å². The van der Waals surface area contributed by atoms with Crippen molar-refractivity contribution in [2.75, 3.05) is 12.4 Å². The Morgan fingerprint density at radius 1 is 0.938 bits per heavy atom. The number of methoxy groups -OCH3 is 1. The molecule has 1 atom stereocenters. The highest BCUT2D eigenvalue weighted by Gasteiger charge is 2.12. The number of rotatable bonds is 7. The van der Waals surface area contributed by atoms with E-state index in [1.54, 1.807) is 25.4 Å². The van der Waals surface area contributed by atoms with E-state index in [9.17, 15) is 4.79 Å². The second-order valence-electron chi connectivity index (χ2n) is 7.31. The lowest BCUT2D eigenvalue weighted by atomic mass is 10.1. The molecule has 3 aromatic carbocycles. The molecular formula is C26H24N4O2. The molecule has 0 spiro atoms. The van der Waals surface area contributed by atoms with E-state index in [1.807, 2.05) is 79.7 Å². The van der Waals surface area contributed by atoms with Crippen molar-refractivity contribution in [1.82, 2.24) is 15.3 Å². The predicted octanol–water partition coefficient (Wildman–Crippen LogP) is 5.39. The average molecular weight is 425 g/mol. The van der Waals surface area contributed by atoms with Crippen LogP contribution >= 0.6 is 0 Å². The normalized spacial score (nSPS) is 11.4. The fraction of sp³-hybridized carbons (Fsp3) is 0.115. The third-order valence-corrected chi connectivity index (χ3v) is 5.05. The zero-order chi connectivity index (χ0) is 22.3. The Kier molecular flexibility index (Phi) is 6.41. The maximum absolute atomic E-state index is 12.7. The molecule has 2 N–H and O–H groups in total. The summed E-state index contributed by atoms with van der Waals surface area (Å²) in [6.45, 7) is 1.95. The molecule has 0 aliphatic heterocycles. The maximum Gasteiger partial charge on any atom is 0.251 e. The number of nitrogens with one attached hydrogen (secondary N) is 2. The number of carbonyl (C=O) groups excluding carboxylic acids is 1. The second-order valence-corrected chi connectivity index (χ2v) is 7.31. The van der Waals surface area contributed by atoms with Crippen LogP contribution in [0.2, 0.25) is 0 Å². The molecule has 0 bridgehead atoms. The first-order valence-electron chi connectivity index (χ1n) is 10.3. The van der Waals surface area contributed by atoms with Crippen molar-refractivity contribution in [2.24, 2.45) is 0 Å². The molecule has 1 heterocycles. The van der Waals surface area contributed by atoms with Crippen LogP contribution in [-0.4, -0.2) is 23.0 Å². The SMILES string of the molecule is COc1cccc([C@H](C)NC(=O)c2ccc(Nc3ccnc(-c4ccccc4)n3)cc2)c1.